The smallest absolute Gasteiger partial charge is 0.310 e. The van der Waals surface area contributed by atoms with Crippen molar-refractivity contribution in [3.05, 3.63) is 35.0 Å². The lowest BCUT2D eigenvalue weighted by molar-refractivity contribution is -0.139. The fraction of sp³-hybridized carbons (Fsp3) is 0.182. The minimum absolute atomic E-state index is 0.131. The highest BCUT2D eigenvalue weighted by Gasteiger charge is 2.15. The third-order valence-corrected chi connectivity index (χ3v) is 2.50. The van der Waals surface area contributed by atoms with Gasteiger partial charge in [-0.25, -0.2) is 0 Å². The van der Waals surface area contributed by atoms with E-state index in [-0.39, 0.29) is 17.6 Å². The zero-order valence-electron chi connectivity index (χ0n) is 8.12. The predicted molar refractivity (Wildman–Crippen MR) is 56.9 cm³/mol. The highest BCUT2D eigenvalue weighted by atomic mass is 35.5. The molecular weight excluding hydrogens is 216 g/mol. The average Bonchev–Trinajstić information content (AvgIpc) is 2.55. The first-order chi connectivity index (χ1) is 7.22. The summed E-state index contributed by atoms with van der Waals surface area (Å²) in [5.41, 5.74) is 1.36. The Bertz CT molecular complexity index is 502. The average molecular weight is 225 g/mol. The van der Waals surface area contributed by atoms with E-state index in [9.17, 15) is 4.79 Å². The lowest BCUT2D eigenvalue weighted by Gasteiger charge is -1.97. The van der Waals surface area contributed by atoms with Gasteiger partial charge in [0.2, 0.25) is 0 Å². The molecule has 1 aromatic heterocycles. The molecule has 0 saturated heterocycles. The van der Waals surface area contributed by atoms with E-state index in [0.717, 1.165) is 5.39 Å². The molecule has 15 heavy (non-hydrogen) atoms. The van der Waals surface area contributed by atoms with Crippen LogP contribution < -0.4 is 0 Å². The van der Waals surface area contributed by atoms with Gasteiger partial charge in [-0.3, -0.25) is 4.79 Å². The Morgan fingerprint density at radius 2 is 2.20 bits per heavy atom. The molecule has 4 heteroatoms. The number of carbonyl (C=O) groups excluding carboxylic acids is 1. The molecule has 0 unspecified atom stereocenters. The molecule has 0 aliphatic heterocycles. The summed E-state index contributed by atoms with van der Waals surface area (Å²) in [5.74, 6) is -0.330. The SMILES string of the molecule is COC(=O)Cc1c(Cl)oc2ccccc12. The molecule has 78 valence electrons. The number of carbonyl (C=O) groups is 1. The van der Waals surface area contributed by atoms with Gasteiger partial charge in [0.05, 0.1) is 13.5 Å². The second kappa shape index (κ2) is 3.95. The lowest BCUT2D eigenvalue weighted by atomic mass is 10.1. The van der Waals surface area contributed by atoms with Crippen molar-refractivity contribution in [2.75, 3.05) is 7.11 Å². The number of hydrogen-bond acceptors (Lipinski definition) is 3. The number of hydrogen-bond donors (Lipinski definition) is 0. The fourth-order valence-electron chi connectivity index (χ4n) is 1.45. The molecule has 1 heterocycles. The third kappa shape index (κ3) is 1.83. The molecule has 0 bridgehead atoms. The van der Waals surface area contributed by atoms with Gasteiger partial charge in [-0.1, -0.05) is 18.2 Å². The molecule has 0 amide bonds. The van der Waals surface area contributed by atoms with Gasteiger partial charge in [0.15, 0.2) is 5.22 Å². The summed E-state index contributed by atoms with van der Waals surface area (Å²) in [6.45, 7) is 0. The van der Waals surface area contributed by atoms with Crippen LogP contribution in [0.25, 0.3) is 11.0 Å². The van der Waals surface area contributed by atoms with Crippen LogP contribution in [0.1, 0.15) is 5.56 Å². The van der Waals surface area contributed by atoms with E-state index in [0.29, 0.717) is 11.1 Å². The van der Waals surface area contributed by atoms with Gasteiger partial charge in [0, 0.05) is 10.9 Å². The third-order valence-electron chi connectivity index (χ3n) is 2.20. The number of halogens is 1. The summed E-state index contributed by atoms with van der Waals surface area (Å²) in [6, 6.07) is 7.39. The van der Waals surface area contributed by atoms with E-state index in [1.807, 2.05) is 24.3 Å². The van der Waals surface area contributed by atoms with Crippen LogP contribution in [-0.4, -0.2) is 13.1 Å². The molecule has 2 aromatic rings. The standard InChI is InChI=1S/C11H9ClO3/c1-14-10(13)6-8-7-4-2-3-5-9(7)15-11(8)12/h2-5H,6H2,1H3. The van der Waals surface area contributed by atoms with Gasteiger partial charge in [0.1, 0.15) is 5.58 Å². The van der Waals surface area contributed by atoms with Crippen molar-refractivity contribution in [3.63, 3.8) is 0 Å². The zero-order chi connectivity index (χ0) is 10.8. The van der Waals surface area contributed by atoms with Crippen LogP contribution in [0.3, 0.4) is 0 Å². The van der Waals surface area contributed by atoms with Gasteiger partial charge in [-0.2, -0.15) is 0 Å². The van der Waals surface area contributed by atoms with Crippen molar-refractivity contribution >= 4 is 28.5 Å². The van der Waals surface area contributed by atoms with Gasteiger partial charge < -0.3 is 9.15 Å². The zero-order valence-corrected chi connectivity index (χ0v) is 8.88. The van der Waals surface area contributed by atoms with Crippen LogP contribution in [0.2, 0.25) is 5.22 Å². The van der Waals surface area contributed by atoms with E-state index >= 15 is 0 Å². The molecule has 0 aliphatic carbocycles. The molecule has 0 N–H and O–H groups in total. The van der Waals surface area contributed by atoms with Crippen LogP contribution >= 0.6 is 11.6 Å². The Morgan fingerprint density at radius 1 is 1.47 bits per heavy atom. The van der Waals surface area contributed by atoms with Gasteiger partial charge in [-0.15, -0.1) is 0 Å². The summed E-state index contributed by atoms with van der Waals surface area (Å²) in [7, 11) is 1.35. The van der Waals surface area contributed by atoms with Crippen molar-refractivity contribution < 1.29 is 13.9 Å². The van der Waals surface area contributed by atoms with E-state index in [2.05, 4.69) is 4.74 Å². The Kier molecular flexibility index (Phi) is 2.64. The Hall–Kier alpha value is -1.48. The number of fused-ring (bicyclic) bond motifs is 1. The predicted octanol–water partition coefficient (Wildman–Crippen LogP) is 2.80. The molecular formula is C11H9ClO3. The van der Waals surface area contributed by atoms with E-state index in [4.69, 9.17) is 16.0 Å². The van der Waals surface area contributed by atoms with Crippen molar-refractivity contribution in [2.45, 2.75) is 6.42 Å². The number of benzene rings is 1. The maximum absolute atomic E-state index is 11.2. The van der Waals surface area contributed by atoms with Crippen molar-refractivity contribution in [1.82, 2.24) is 0 Å². The van der Waals surface area contributed by atoms with Crippen molar-refractivity contribution in [2.24, 2.45) is 0 Å². The van der Waals surface area contributed by atoms with Crippen LogP contribution in [-0.2, 0) is 16.0 Å². The summed E-state index contributed by atoms with van der Waals surface area (Å²) >= 11 is 5.89. The first-order valence-electron chi connectivity index (χ1n) is 4.45. The van der Waals surface area contributed by atoms with Crippen LogP contribution in [0.15, 0.2) is 28.7 Å². The highest BCUT2D eigenvalue weighted by molar-refractivity contribution is 6.31. The maximum Gasteiger partial charge on any atom is 0.310 e. The quantitative estimate of drug-likeness (QED) is 0.737. The fourth-order valence-corrected chi connectivity index (χ4v) is 1.70. The molecule has 0 fully saturated rings. The lowest BCUT2D eigenvalue weighted by Crippen LogP contribution is -2.04. The molecule has 3 nitrogen and oxygen atoms in total. The normalized spacial score (nSPS) is 10.5. The number of furan rings is 1. The second-order valence-electron chi connectivity index (χ2n) is 3.10. The number of methoxy groups -OCH3 is 1. The molecule has 0 saturated carbocycles. The first-order valence-corrected chi connectivity index (χ1v) is 4.83. The molecule has 1 aromatic carbocycles. The van der Waals surface area contributed by atoms with Gasteiger partial charge in [0.25, 0.3) is 0 Å². The van der Waals surface area contributed by atoms with E-state index < -0.39 is 0 Å². The van der Waals surface area contributed by atoms with E-state index in [1.165, 1.54) is 7.11 Å². The number of para-hydroxylation sites is 1. The molecule has 0 atom stereocenters. The topological polar surface area (TPSA) is 39.4 Å². The molecule has 0 aliphatic rings. The second-order valence-corrected chi connectivity index (χ2v) is 3.45. The number of rotatable bonds is 2. The summed E-state index contributed by atoms with van der Waals surface area (Å²) < 4.78 is 9.89. The molecule has 0 radical (unpaired) electrons. The highest BCUT2D eigenvalue weighted by Crippen LogP contribution is 2.29. The monoisotopic (exact) mass is 224 g/mol. The minimum Gasteiger partial charge on any atom is -0.469 e. The largest absolute Gasteiger partial charge is 0.469 e. The minimum atomic E-state index is -0.330. The van der Waals surface area contributed by atoms with Gasteiger partial charge >= 0.3 is 5.97 Å². The van der Waals surface area contributed by atoms with Crippen molar-refractivity contribution in [1.29, 1.82) is 0 Å². The number of esters is 1. The summed E-state index contributed by atoms with van der Waals surface area (Å²) in [4.78, 5) is 11.2. The van der Waals surface area contributed by atoms with Crippen LogP contribution in [0.4, 0.5) is 0 Å². The summed E-state index contributed by atoms with van der Waals surface area (Å²) in [5, 5.41) is 1.11. The van der Waals surface area contributed by atoms with Crippen LogP contribution in [0.5, 0.6) is 0 Å². The van der Waals surface area contributed by atoms with Gasteiger partial charge in [-0.05, 0) is 17.7 Å². The van der Waals surface area contributed by atoms with Crippen LogP contribution in [0, 0.1) is 0 Å². The Balaban J connectivity index is 2.49. The van der Waals surface area contributed by atoms with E-state index in [1.54, 1.807) is 0 Å². The Morgan fingerprint density at radius 3 is 2.93 bits per heavy atom. The first kappa shape index (κ1) is 10.1. The maximum atomic E-state index is 11.2. The Labute approximate surface area is 91.6 Å². The van der Waals surface area contributed by atoms with Crippen molar-refractivity contribution in [3.8, 4) is 0 Å². The summed E-state index contributed by atoms with van der Waals surface area (Å²) in [6.07, 6.45) is 0.131. The molecule has 2 rings (SSSR count). The number of ether oxygens (including phenoxy) is 1. The molecule has 0 spiro atoms.